The van der Waals surface area contributed by atoms with E-state index in [1.165, 1.54) is 0 Å². The molecular formula is C15H19N3O. The van der Waals surface area contributed by atoms with E-state index in [-0.39, 0.29) is 0 Å². The Balaban J connectivity index is 2.08. The number of anilines is 2. The summed E-state index contributed by atoms with van der Waals surface area (Å²) in [6.07, 6.45) is 0. The van der Waals surface area contributed by atoms with E-state index in [0.717, 1.165) is 29.5 Å². The molecule has 2 aromatic rings. The van der Waals surface area contributed by atoms with Gasteiger partial charge >= 0.3 is 0 Å². The van der Waals surface area contributed by atoms with Gasteiger partial charge in [-0.15, -0.1) is 0 Å². The molecule has 0 saturated carbocycles. The Hall–Kier alpha value is -2.23. The molecule has 1 aromatic heterocycles. The van der Waals surface area contributed by atoms with Crippen molar-refractivity contribution in [3.8, 4) is 5.75 Å². The predicted molar refractivity (Wildman–Crippen MR) is 78.9 cm³/mol. The minimum Gasteiger partial charge on any atom is -0.497 e. The number of methoxy groups -OCH3 is 1. The fourth-order valence-corrected chi connectivity index (χ4v) is 1.88. The smallest absolute Gasteiger partial charge is 0.126 e. The van der Waals surface area contributed by atoms with Crippen LogP contribution < -0.4 is 15.0 Å². The van der Waals surface area contributed by atoms with E-state index in [1.54, 1.807) is 7.11 Å². The Labute approximate surface area is 114 Å². The summed E-state index contributed by atoms with van der Waals surface area (Å²) in [5.74, 6) is 1.76. The van der Waals surface area contributed by atoms with Crippen molar-refractivity contribution in [2.24, 2.45) is 0 Å². The molecule has 0 unspecified atom stereocenters. The second-order valence-corrected chi connectivity index (χ2v) is 4.32. The summed E-state index contributed by atoms with van der Waals surface area (Å²) in [4.78, 5) is 6.67. The highest BCUT2D eigenvalue weighted by atomic mass is 16.5. The SMILES string of the molecule is CNc1cccc(CN(C)c2ccc(OC)cc2)n1. The minimum absolute atomic E-state index is 0.766. The van der Waals surface area contributed by atoms with Crippen LogP contribution in [0.2, 0.25) is 0 Å². The van der Waals surface area contributed by atoms with Gasteiger partial charge in [0.05, 0.1) is 19.3 Å². The van der Waals surface area contributed by atoms with Crippen LogP contribution in [0.3, 0.4) is 0 Å². The van der Waals surface area contributed by atoms with E-state index in [9.17, 15) is 0 Å². The van der Waals surface area contributed by atoms with E-state index >= 15 is 0 Å². The first-order valence-corrected chi connectivity index (χ1v) is 6.22. The van der Waals surface area contributed by atoms with Crippen molar-refractivity contribution in [1.29, 1.82) is 0 Å². The third kappa shape index (κ3) is 3.37. The lowest BCUT2D eigenvalue weighted by Crippen LogP contribution is -2.17. The van der Waals surface area contributed by atoms with Crippen LogP contribution >= 0.6 is 0 Å². The van der Waals surface area contributed by atoms with Gasteiger partial charge in [0.25, 0.3) is 0 Å². The highest BCUT2D eigenvalue weighted by Gasteiger charge is 2.04. The average molecular weight is 257 g/mol. The summed E-state index contributed by atoms with van der Waals surface area (Å²) in [5, 5.41) is 3.05. The van der Waals surface area contributed by atoms with Crippen LogP contribution in [-0.2, 0) is 6.54 Å². The molecule has 0 fully saturated rings. The van der Waals surface area contributed by atoms with Gasteiger partial charge in [-0.3, -0.25) is 0 Å². The molecule has 1 aromatic carbocycles. The van der Waals surface area contributed by atoms with Gasteiger partial charge in [-0.2, -0.15) is 0 Å². The fraction of sp³-hybridized carbons (Fsp3) is 0.267. The molecular weight excluding hydrogens is 238 g/mol. The topological polar surface area (TPSA) is 37.4 Å². The first kappa shape index (κ1) is 13.2. The van der Waals surface area contributed by atoms with Crippen LogP contribution in [0.5, 0.6) is 5.75 Å². The minimum atomic E-state index is 0.766. The highest BCUT2D eigenvalue weighted by Crippen LogP contribution is 2.19. The number of nitrogens with zero attached hydrogens (tertiary/aromatic N) is 2. The summed E-state index contributed by atoms with van der Waals surface area (Å²) in [6, 6.07) is 14.0. The van der Waals surface area contributed by atoms with Crippen LogP contribution in [0, 0.1) is 0 Å². The van der Waals surface area contributed by atoms with Crippen LogP contribution in [-0.4, -0.2) is 26.2 Å². The van der Waals surface area contributed by atoms with Crippen LogP contribution in [0.25, 0.3) is 0 Å². The number of hydrogen-bond donors (Lipinski definition) is 1. The molecule has 100 valence electrons. The lowest BCUT2D eigenvalue weighted by molar-refractivity contribution is 0.415. The van der Waals surface area contributed by atoms with Crippen LogP contribution in [0.4, 0.5) is 11.5 Å². The van der Waals surface area contributed by atoms with Crippen molar-refractivity contribution in [1.82, 2.24) is 4.98 Å². The van der Waals surface area contributed by atoms with E-state index in [4.69, 9.17) is 4.74 Å². The zero-order valence-corrected chi connectivity index (χ0v) is 11.6. The molecule has 0 amide bonds. The van der Waals surface area contributed by atoms with Gasteiger partial charge < -0.3 is 15.0 Å². The molecule has 2 rings (SSSR count). The van der Waals surface area contributed by atoms with E-state index in [1.807, 2.05) is 49.5 Å². The zero-order valence-electron chi connectivity index (χ0n) is 11.6. The van der Waals surface area contributed by atoms with Crippen LogP contribution in [0.1, 0.15) is 5.69 Å². The third-order valence-corrected chi connectivity index (χ3v) is 2.98. The molecule has 0 aliphatic carbocycles. The molecule has 0 aliphatic rings. The van der Waals surface area contributed by atoms with Crippen molar-refractivity contribution in [3.05, 3.63) is 48.2 Å². The number of pyridine rings is 1. The Morgan fingerprint density at radius 3 is 2.53 bits per heavy atom. The molecule has 0 bridgehead atoms. The second-order valence-electron chi connectivity index (χ2n) is 4.32. The van der Waals surface area contributed by atoms with Gasteiger partial charge in [0, 0.05) is 19.8 Å². The van der Waals surface area contributed by atoms with E-state index < -0.39 is 0 Å². The fourth-order valence-electron chi connectivity index (χ4n) is 1.88. The molecule has 0 saturated heterocycles. The number of hydrogen-bond acceptors (Lipinski definition) is 4. The lowest BCUT2D eigenvalue weighted by Gasteiger charge is -2.19. The number of nitrogens with one attached hydrogen (secondary N) is 1. The molecule has 1 heterocycles. The highest BCUT2D eigenvalue weighted by molar-refractivity contribution is 5.48. The number of benzene rings is 1. The molecule has 0 atom stereocenters. The van der Waals surface area contributed by atoms with Crippen molar-refractivity contribution in [2.75, 3.05) is 31.4 Å². The van der Waals surface area contributed by atoms with Crippen molar-refractivity contribution >= 4 is 11.5 Å². The van der Waals surface area contributed by atoms with Crippen LogP contribution in [0.15, 0.2) is 42.5 Å². The first-order chi connectivity index (χ1) is 9.22. The Kier molecular flexibility index (Phi) is 4.23. The van der Waals surface area contributed by atoms with Gasteiger partial charge in [-0.1, -0.05) is 6.07 Å². The predicted octanol–water partition coefficient (Wildman–Crippen LogP) is 2.77. The summed E-state index contributed by atoms with van der Waals surface area (Å²) in [5.41, 5.74) is 2.17. The van der Waals surface area contributed by atoms with Crippen molar-refractivity contribution in [2.45, 2.75) is 6.54 Å². The molecule has 1 N–H and O–H groups in total. The summed E-state index contributed by atoms with van der Waals surface area (Å²) >= 11 is 0. The number of aromatic nitrogens is 1. The summed E-state index contributed by atoms with van der Waals surface area (Å²) < 4.78 is 5.16. The molecule has 4 nitrogen and oxygen atoms in total. The standard InChI is InChI=1S/C15H19N3O/c1-16-15-6-4-5-12(17-15)11-18(2)13-7-9-14(19-3)10-8-13/h4-10H,11H2,1-3H3,(H,16,17). The van der Waals surface area contributed by atoms with Gasteiger partial charge in [-0.25, -0.2) is 4.98 Å². The van der Waals surface area contributed by atoms with Gasteiger partial charge in [-0.05, 0) is 36.4 Å². The Morgan fingerprint density at radius 1 is 1.16 bits per heavy atom. The molecule has 4 heteroatoms. The summed E-state index contributed by atoms with van der Waals surface area (Å²) in [7, 11) is 5.60. The molecule has 19 heavy (non-hydrogen) atoms. The Morgan fingerprint density at radius 2 is 1.89 bits per heavy atom. The molecule has 0 radical (unpaired) electrons. The molecule has 0 aliphatic heterocycles. The first-order valence-electron chi connectivity index (χ1n) is 6.22. The zero-order chi connectivity index (χ0) is 13.7. The lowest BCUT2D eigenvalue weighted by atomic mass is 10.2. The van der Waals surface area contributed by atoms with E-state index in [2.05, 4.69) is 22.2 Å². The maximum Gasteiger partial charge on any atom is 0.126 e. The Bertz CT molecular complexity index is 525. The largest absolute Gasteiger partial charge is 0.497 e. The summed E-state index contributed by atoms with van der Waals surface area (Å²) in [6.45, 7) is 0.766. The monoisotopic (exact) mass is 257 g/mol. The normalized spacial score (nSPS) is 10.1. The number of ether oxygens (including phenoxy) is 1. The third-order valence-electron chi connectivity index (χ3n) is 2.98. The maximum atomic E-state index is 5.16. The van der Waals surface area contributed by atoms with Gasteiger partial charge in [0.2, 0.25) is 0 Å². The van der Waals surface area contributed by atoms with Crippen molar-refractivity contribution in [3.63, 3.8) is 0 Å². The quantitative estimate of drug-likeness (QED) is 0.893. The van der Waals surface area contributed by atoms with Gasteiger partial charge in [0.15, 0.2) is 0 Å². The average Bonchev–Trinajstić information content (AvgIpc) is 2.47. The second kappa shape index (κ2) is 6.09. The molecule has 0 spiro atoms. The van der Waals surface area contributed by atoms with Gasteiger partial charge in [0.1, 0.15) is 11.6 Å². The van der Waals surface area contributed by atoms with Crippen molar-refractivity contribution < 1.29 is 4.74 Å². The number of rotatable bonds is 5. The maximum absolute atomic E-state index is 5.16. The van der Waals surface area contributed by atoms with E-state index in [0.29, 0.717) is 0 Å².